The summed E-state index contributed by atoms with van der Waals surface area (Å²) in [7, 11) is -3.92. The van der Waals surface area contributed by atoms with Crippen LogP contribution in [-0.4, -0.2) is 13.5 Å². The van der Waals surface area contributed by atoms with E-state index in [1.54, 1.807) is 32.0 Å². The molecule has 21 heavy (non-hydrogen) atoms. The third-order valence-corrected chi connectivity index (χ3v) is 4.73. The first kappa shape index (κ1) is 15.5. The monoisotopic (exact) mass is 309 g/mol. The molecule has 0 amide bonds. The molecule has 0 spiro atoms. The Kier molecular flexibility index (Phi) is 4.29. The maximum atomic E-state index is 13.7. The van der Waals surface area contributed by atoms with E-state index in [1.165, 1.54) is 18.2 Å². The normalized spacial score (nSPS) is 11.4. The largest absolute Gasteiger partial charge is 0.392 e. The molecule has 0 aromatic heterocycles. The average Bonchev–Trinajstić information content (AvgIpc) is 2.42. The van der Waals surface area contributed by atoms with Gasteiger partial charge in [0.25, 0.3) is 10.0 Å². The number of benzene rings is 2. The standard InChI is InChI=1S/C15H16FNO3S/c1-10-6-7-13(16)14(8-10)17-21(19,20)15-5-3-4-12(9-18)11(15)2/h3-8,17-18H,9H2,1-2H3. The van der Waals surface area contributed by atoms with Crippen LogP contribution in [0.5, 0.6) is 0 Å². The van der Waals surface area contributed by atoms with Crippen LogP contribution < -0.4 is 4.72 Å². The highest BCUT2D eigenvalue weighted by atomic mass is 32.2. The van der Waals surface area contributed by atoms with Crippen LogP contribution in [0.3, 0.4) is 0 Å². The van der Waals surface area contributed by atoms with E-state index in [0.29, 0.717) is 11.1 Å². The number of aliphatic hydroxyl groups excluding tert-OH is 1. The number of sulfonamides is 1. The minimum atomic E-state index is -3.92. The van der Waals surface area contributed by atoms with E-state index in [2.05, 4.69) is 4.72 Å². The van der Waals surface area contributed by atoms with Gasteiger partial charge in [0.1, 0.15) is 5.82 Å². The summed E-state index contributed by atoms with van der Waals surface area (Å²) < 4.78 is 40.7. The van der Waals surface area contributed by atoms with Gasteiger partial charge < -0.3 is 5.11 Å². The lowest BCUT2D eigenvalue weighted by Crippen LogP contribution is -2.16. The van der Waals surface area contributed by atoms with Crippen LogP contribution in [0, 0.1) is 19.7 Å². The Balaban J connectivity index is 2.46. The first-order valence-electron chi connectivity index (χ1n) is 6.33. The van der Waals surface area contributed by atoms with Gasteiger partial charge in [-0.1, -0.05) is 18.2 Å². The van der Waals surface area contributed by atoms with Crippen molar-refractivity contribution in [1.82, 2.24) is 0 Å². The Morgan fingerprint density at radius 2 is 1.90 bits per heavy atom. The van der Waals surface area contributed by atoms with Gasteiger partial charge in [-0.05, 0) is 48.7 Å². The summed E-state index contributed by atoms with van der Waals surface area (Å²) >= 11 is 0. The molecule has 6 heteroatoms. The number of hydrogen-bond donors (Lipinski definition) is 2. The first-order valence-corrected chi connectivity index (χ1v) is 7.82. The fourth-order valence-electron chi connectivity index (χ4n) is 2.04. The highest BCUT2D eigenvalue weighted by Crippen LogP contribution is 2.24. The van der Waals surface area contributed by atoms with Crippen molar-refractivity contribution in [3.05, 3.63) is 58.9 Å². The molecule has 4 nitrogen and oxygen atoms in total. The Labute approximate surface area is 123 Å². The van der Waals surface area contributed by atoms with E-state index in [-0.39, 0.29) is 17.2 Å². The van der Waals surface area contributed by atoms with Crippen molar-refractivity contribution in [2.45, 2.75) is 25.3 Å². The molecule has 0 aliphatic heterocycles. The number of anilines is 1. The lowest BCUT2D eigenvalue weighted by Gasteiger charge is -2.13. The summed E-state index contributed by atoms with van der Waals surface area (Å²) in [5.74, 6) is -0.639. The molecule has 0 fully saturated rings. The SMILES string of the molecule is Cc1ccc(F)c(NS(=O)(=O)c2cccc(CO)c2C)c1. The van der Waals surface area contributed by atoms with Gasteiger partial charge in [-0.2, -0.15) is 0 Å². The second-order valence-corrected chi connectivity index (χ2v) is 6.44. The third kappa shape index (κ3) is 3.22. The number of nitrogens with one attached hydrogen (secondary N) is 1. The van der Waals surface area contributed by atoms with Crippen LogP contribution in [0.1, 0.15) is 16.7 Å². The van der Waals surface area contributed by atoms with E-state index in [9.17, 15) is 17.9 Å². The molecule has 0 radical (unpaired) electrons. The molecule has 0 aliphatic rings. The summed E-state index contributed by atoms with van der Waals surface area (Å²) in [4.78, 5) is 0.0231. The molecule has 112 valence electrons. The topological polar surface area (TPSA) is 66.4 Å². The molecule has 0 aliphatic carbocycles. The first-order chi connectivity index (χ1) is 9.85. The van der Waals surface area contributed by atoms with E-state index in [0.717, 1.165) is 5.56 Å². The summed E-state index contributed by atoms with van der Waals surface area (Å²) in [5, 5.41) is 9.20. The van der Waals surface area contributed by atoms with Crippen LogP contribution in [0.2, 0.25) is 0 Å². The Morgan fingerprint density at radius 1 is 1.19 bits per heavy atom. The molecular formula is C15H16FNO3S. The van der Waals surface area contributed by atoms with Gasteiger partial charge in [-0.3, -0.25) is 4.72 Å². The van der Waals surface area contributed by atoms with Crippen molar-refractivity contribution < 1.29 is 17.9 Å². The molecule has 0 saturated heterocycles. The zero-order chi connectivity index (χ0) is 15.6. The Hall–Kier alpha value is -1.92. The van der Waals surface area contributed by atoms with Crippen molar-refractivity contribution in [2.75, 3.05) is 4.72 Å². The predicted molar refractivity (Wildman–Crippen MR) is 79.0 cm³/mol. The fourth-order valence-corrected chi connectivity index (χ4v) is 3.39. The van der Waals surface area contributed by atoms with Gasteiger partial charge in [-0.15, -0.1) is 0 Å². The van der Waals surface area contributed by atoms with Crippen molar-refractivity contribution >= 4 is 15.7 Å². The molecule has 0 atom stereocenters. The van der Waals surface area contributed by atoms with Crippen molar-refractivity contribution in [1.29, 1.82) is 0 Å². The summed E-state index contributed by atoms with van der Waals surface area (Å²) in [6.45, 7) is 3.09. The van der Waals surface area contributed by atoms with Gasteiger partial charge in [0.2, 0.25) is 0 Å². The summed E-state index contributed by atoms with van der Waals surface area (Å²) in [5.41, 5.74) is 1.61. The van der Waals surface area contributed by atoms with Crippen molar-refractivity contribution in [3.63, 3.8) is 0 Å². The van der Waals surface area contributed by atoms with Crippen LogP contribution in [-0.2, 0) is 16.6 Å². The summed E-state index contributed by atoms with van der Waals surface area (Å²) in [6.07, 6.45) is 0. The molecular weight excluding hydrogens is 293 g/mol. The quantitative estimate of drug-likeness (QED) is 0.912. The second kappa shape index (κ2) is 5.83. The van der Waals surface area contributed by atoms with E-state index >= 15 is 0 Å². The van der Waals surface area contributed by atoms with E-state index in [4.69, 9.17) is 0 Å². The molecule has 2 aromatic carbocycles. The minimum Gasteiger partial charge on any atom is -0.392 e. The lowest BCUT2D eigenvalue weighted by molar-refractivity contribution is 0.280. The lowest BCUT2D eigenvalue weighted by atomic mass is 10.1. The van der Waals surface area contributed by atoms with Gasteiger partial charge in [-0.25, -0.2) is 12.8 Å². The smallest absolute Gasteiger partial charge is 0.262 e. The van der Waals surface area contributed by atoms with Crippen LogP contribution in [0.4, 0.5) is 10.1 Å². The fraction of sp³-hybridized carbons (Fsp3) is 0.200. The number of aryl methyl sites for hydroxylation is 1. The molecule has 2 N–H and O–H groups in total. The highest BCUT2D eigenvalue weighted by Gasteiger charge is 2.19. The molecule has 0 bridgehead atoms. The summed E-state index contributed by atoms with van der Waals surface area (Å²) in [6, 6.07) is 8.80. The molecule has 0 heterocycles. The zero-order valence-corrected chi connectivity index (χ0v) is 12.5. The van der Waals surface area contributed by atoms with Gasteiger partial charge in [0, 0.05) is 0 Å². The maximum Gasteiger partial charge on any atom is 0.262 e. The molecule has 2 aromatic rings. The predicted octanol–water partition coefficient (Wildman–Crippen LogP) is 2.74. The maximum absolute atomic E-state index is 13.7. The zero-order valence-electron chi connectivity index (χ0n) is 11.7. The number of aliphatic hydroxyl groups is 1. The van der Waals surface area contributed by atoms with Crippen LogP contribution >= 0.6 is 0 Å². The minimum absolute atomic E-state index is 0.0231. The third-order valence-electron chi connectivity index (χ3n) is 3.22. The van der Waals surface area contributed by atoms with Crippen LogP contribution in [0.25, 0.3) is 0 Å². The molecule has 0 saturated carbocycles. The Morgan fingerprint density at radius 3 is 2.57 bits per heavy atom. The van der Waals surface area contributed by atoms with Gasteiger partial charge >= 0.3 is 0 Å². The number of halogens is 1. The van der Waals surface area contributed by atoms with Crippen LogP contribution in [0.15, 0.2) is 41.3 Å². The van der Waals surface area contributed by atoms with Crippen molar-refractivity contribution in [2.24, 2.45) is 0 Å². The number of rotatable bonds is 4. The number of hydrogen-bond acceptors (Lipinski definition) is 3. The van der Waals surface area contributed by atoms with E-state index < -0.39 is 15.8 Å². The van der Waals surface area contributed by atoms with Gasteiger partial charge in [0.05, 0.1) is 17.2 Å². The Bertz CT molecular complexity index is 772. The highest BCUT2D eigenvalue weighted by molar-refractivity contribution is 7.92. The van der Waals surface area contributed by atoms with Crippen molar-refractivity contribution in [3.8, 4) is 0 Å². The van der Waals surface area contributed by atoms with Gasteiger partial charge in [0.15, 0.2) is 0 Å². The molecule has 0 unspecified atom stereocenters. The second-order valence-electron chi connectivity index (χ2n) is 4.79. The molecule has 2 rings (SSSR count). The van der Waals surface area contributed by atoms with E-state index in [1.807, 2.05) is 0 Å². The average molecular weight is 309 g/mol.